The Morgan fingerprint density at radius 3 is 2.46 bits per heavy atom. The number of methoxy groups -OCH3 is 1. The van der Waals surface area contributed by atoms with Gasteiger partial charge in [-0.2, -0.15) is 0 Å². The van der Waals surface area contributed by atoms with Crippen molar-refractivity contribution < 1.29 is 37.7 Å². The minimum atomic E-state index is -3.79. The molecule has 10 nitrogen and oxygen atoms in total. The van der Waals surface area contributed by atoms with Gasteiger partial charge >= 0.3 is 0 Å². The van der Waals surface area contributed by atoms with E-state index in [1.807, 2.05) is 0 Å². The maximum Gasteiger partial charge on any atom is 0.275 e. The summed E-state index contributed by atoms with van der Waals surface area (Å²) in [4.78, 5) is 18.0. The van der Waals surface area contributed by atoms with Gasteiger partial charge in [-0.1, -0.05) is 30.3 Å². The van der Waals surface area contributed by atoms with Crippen molar-refractivity contribution in [1.29, 1.82) is 0 Å². The van der Waals surface area contributed by atoms with Gasteiger partial charge in [-0.05, 0) is 54.1 Å². The molecule has 0 radical (unpaired) electrons. The Morgan fingerprint density at radius 2 is 1.79 bits per heavy atom. The smallest absolute Gasteiger partial charge is 0.275 e. The largest absolute Gasteiger partial charge is 0.497 e. The Kier molecular flexibility index (Phi) is 8.85. The summed E-state index contributed by atoms with van der Waals surface area (Å²) in [5.41, 5.74) is 0.894. The lowest BCUT2D eigenvalue weighted by molar-refractivity contribution is -0.137. The van der Waals surface area contributed by atoms with Crippen LogP contribution in [0.1, 0.15) is 30.1 Å². The fourth-order valence-electron chi connectivity index (χ4n) is 4.31. The lowest BCUT2D eigenvalue weighted by Gasteiger charge is -2.29. The third kappa shape index (κ3) is 6.22. The second-order valence-electron chi connectivity index (χ2n) is 8.89. The summed E-state index contributed by atoms with van der Waals surface area (Å²) in [6, 6.07) is 21.5. The number of aliphatic hydroxyl groups is 1. The molecule has 39 heavy (non-hydrogen) atoms. The Hall–Kier alpha value is -3.93. The highest BCUT2D eigenvalue weighted by molar-refractivity contribution is 7.91. The molecule has 206 valence electrons. The van der Waals surface area contributed by atoms with E-state index in [0.29, 0.717) is 35.7 Å². The predicted octanol–water partition coefficient (Wildman–Crippen LogP) is 3.08. The van der Waals surface area contributed by atoms with Gasteiger partial charge in [-0.15, -0.1) is 0 Å². The first-order valence-corrected chi connectivity index (χ1v) is 13.9. The predicted molar refractivity (Wildman–Crippen MR) is 143 cm³/mol. The maximum absolute atomic E-state index is 13.3. The number of nitrogens with zero attached hydrogens (tertiary/aromatic N) is 1. The molecule has 4 rings (SSSR count). The molecule has 0 unspecified atom stereocenters. The van der Waals surface area contributed by atoms with E-state index in [1.54, 1.807) is 72.2 Å². The summed E-state index contributed by atoms with van der Waals surface area (Å²) in [5, 5.41) is 18.7. The first-order valence-electron chi connectivity index (χ1n) is 12.3. The molecule has 0 aromatic heterocycles. The number of hydroxylamine groups is 1. The number of rotatable bonds is 12. The van der Waals surface area contributed by atoms with Crippen molar-refractivity contribution in [2.45, 2.75) is 29.4 Å². The van der Waals surface area contributed by atoms with Crippen LogP contribution in [0.5, 0.6) is 11.5 Å². The molecule has 1 aliphatic rings. The molecule has 2 atom stereocenters. The quantitative estimate of drug-likeness (QED) is 0.176. The van der Waals surface area contributed by atoms with Crippen LogP contribution in [0.4, 0.5) is 0 Å². The van der Waals surface area contributed by atoms with Crippen LogP contribution in [-0.4, -0.2) is 62.2 Å². The topological polar surface area (TPSA) is 144 Å². The van der Waals surface area contributed by atoms with E-state index in [9.17, 15) is 18.4 Å². The Bertz CT molecular complexity index is 1410. The molecule has 1 amide bonds. The summed E-state index contributed by atoms with van der Waals surface area (Å²) in [6.45, 7) is 0.365. The third-order valence-electron chi connectivity index (χ3n) is 6.38. The lowest BCUT2D eigenvalue weighted by Crippen LogP contribution is -2.48. The Morgan fingerprint density at radius 1 is 1.05 bits per heavy atom. The standard InChI is InChI=1S/C28H30N2O8S/c1-36-23-8-5-7-21(19-23)25-28(27(32)30-33,15-18-39(34,35)24-9-3-2-4-10-24)29-26(38-25)20-11-13-22(14-12-20)37-17-6-16-31/h2-5,7-14,19,25,31,33H,6,15-18H2,1H3,(H,30,32)/t25-,28-/m0/s1. The van der Waals surface area contributed by atoms with E-state index >= 15 is 0 Å². The number of sulfone groups is 1. The Balaban J connectivity index is 1.74. The van der Waals surface area contributed by atoms with Crippen molar-refractivity contribution in [1.82, 2.24) is 5.48 Å². The minimum absolute atomic E-state index is 0.0172. The van der Waals surface area contributed by atoms with Crippen molar-refractivity contribution in [3.05, 3.63) is 90.0 Å². The van der Waals surface area contributed by atoms with Crippen LogP contribution in [0, 0.1) is 0 Å². The van der Waals surface area contributed by atoms with Crippen molar-refractivity contribution in [2.24, 2.45) is 4.99 Å². The van der Waals surface area contributed by atoms with Gasteiger partial charge in [-0.3, -0.25) is 10.0 Å². The number of hydrogen-bond donors (Lipinski definition) is 3. The van der Waals surface area contributed by atoms with Crippen LogP contribution >= 0.6 is 0 Å². The van der Waals surface area contributed by atoms with Crippen LogP contribution in [0.25, 0.3) is 0 Å². The average Bonchev–Trinajstić information content (AvgIpc) is 3.38. The fourth-order valence-corrected chi connectivity index (χ4v) is 5.69. The summed E-state index contributed by atoms with van der Waals surface area (Å²) in [7, 11) is -2.29. The molecule has 0 aliphatic carbocycles. The van der Waals surface area contributed by atoms with Gasteiger partial charge in [0, 0.05) is 25.0 Å². The zero-order chi connectivity index (χ0) is 27.9. The number of ether oxygens (including phenoxy) is 3. The zero-order valence-corrected chi connectivity index (χ0v) is 22.1. The molecule has 0 saturated carbocycles. The number of hydrogen-bond acceptors (Lipinski definition) is 9. The van der Waals surface area contributed by atoms with Crippen LogP contribution in [0.3, 0.4) is 0 Å². The summed E-state index contributed by atoms with van der Waals surface area (Å²) in [5.74, 6) is -0.154. The molecule has 0 fully saturated rings. The highest BCUT2D eigenvalue weighted by Gasteiger charge is 2.53. The molecule has 11 heteroatoms. The number of benzene rings is 3. The molecule has 0 bridgehead atoms. The van der Waals surface area contributed by atoms with Gasteiger partial charge in [0.2, 0.25) is 5.90 Å². The third-order valence-corrected chi connectivity index (χ3v) is 8.11. The summed E-state index contributed by atoms with van der Waals surface area (Å²) in [6.07, 6.45) is -0.851. The summed E-state index contributed by atoms with van der Waals surface area (Å²) >= 11 is 0. The molecule has 3 aromatic carbocycles. The van der Waals surface area contributed by atoms with E-state index < -0.39 is 33.1 Å². The van der Waals surface area contributed by atoms with Gasteiger partial charge in [0.25, 0.3) is 5.91 Å². The second-order valence-corrected chi connectivity index (χ2v) is 11.0. The number of aliphatic imine (C=N–C) groups is 1. The highest BCUT2D eigenvalue weighted by Crippen LogP contribution is 2.43. The van der Waals surface area contributed by atoms with E-state index in [1.165, 1.54) is 19.2 Å². The number of amides is 1. The molecule has 0 spiro atoms. The zero-order valence-electron chi connectivity index (χ0n) is 21.3. The van der Waals surface area contributed by atoms with E-state index in [0.717, 1.165) is 0 Å². The van der Waals surface area contributed by atoms with Crippen LogP contribution in [-0.2, 0) is 19.4 Å². The lowest BCUT2D eigenvalue weighted by atomic mass is 9.85. The van der Waals surface area contributed by atoms with Gasteiger partial charge in [0.05, 0.1) is 24.4 Å². The molecule has 1 aliphatic heterocycles. The molecule has 1 heterocycles. The van der Waals surface area contributed by atoms with Gasteiger partial charge in [0.1, 0.15) is 11.5 Å². The monoisotopic (exact) mass is 554 g/mol. The van der Waals surface area contributed by atoms with E-state index in [4.69, 9.17) is 19.3 Å². The van der Waals surface area contributed by atoms with Crippen molar-refractivity contribution in [3.63, 3.8) is 0 Å². The van der Waals surface area contributed by atoms with E-state index in [-0.39, 0.29) is 23.8 Å². The van der Waals surface area contributed by atoms with Crippen molar-refractivity contribution >= 4 is 21.6 Å². The van der Waals surface area contributed by atoms with Gasteiger partial charge < -0.3 is 19.3 Å². The molecule has 0 saturated heterocycles. The van der Waals surface area contributed by atoms with Crippen LogP contribution in [0.2, 0.25) is 0 Å². The van der Waals surface area contributed by atoms with Crippen LogP contribution < -0.4 is 15.0 Å². The molecular formula is C28H30N2O8S. The van der Waals surface area contributed by atoms with Crippen LogP contribution in [0.15, 0.2) is 88.8 Å². The molecule has 3 aromatic rings. The first kappa shape index (κ1) is 28.1. The number of nitrogens with one attached hydrogen (secondary N) is 1. The first-order chi connectivity index (χ1) is 18.8. The summed E-state index contributed by atoms with van der Waals surface area (Å²) < 4.78 is 43.4. The maximum atomic E-state index is 13.3. The van der Waals surface area contributed by atoms with Gasteiger partial charge in [0.15, 0.2) is 21.5 Å². The number of carbonyl (C=O) groups is 1. The highest BCUT2D eigenvalue weighted by atomic mass is 32.2. The second kappa shape index (κ2) is 12.3. The van der Waals surface area contributed by atoms with Crippen molar-refractivity contribution in [2.75, 3.05) is 26.1 Å². The molecule has 3 N–H and O–H groups in total. The Labute approximate surface area is 226 Å². The fraction of sp³-hybridized carbons (Fsp3) is 0.286. The average molecular weight is 555 g/mol. The normalized spacial score (nSPS) is 18.6. The number of carbonyl (C=O) groups excluding carboxylic acids is 1. The van der Waals surface area contributed by atoms with Crippen molar-refractivity contribution in [3.8, 4) is 11.5 Å². The molecular weight excluding hydrogens is 524 g/mol. The minimum Gasteiger partial charge on any atom is -0.497 e. The van der Waals surface area contributed by atoms with E-state index in [2.05, 4.69) is 4.99 Å². The SMILES string of the molecule is COc1cccc([C@@H]2OC(c3ccc(OCCCO)cc3)=N[C@]2(CCS(=O)(=O)c2ccccc2)C(=O)NO)c1. The number of aliphatic hydroxyl groups excluding tert-OH is 1. The van der Waals surface area contributed by atoms with Gasteiger partial charge in [-0.25, -0.2) is 18.9 Å².